The summed E-state index contributed by atoms with van der Waals surface area (Å²) in [5, 5.41) is 10.1. The fourth-order valence-electron chi connectivity index (χ4n) is 3.19. The minimum absolute atomic E-state index is 0.410. The van der Waals surface area contributed by atoms with Crippen LogP contribution in [0.15, 0.2) is 0 Å². The third-order valence-corrected chi connectivity index (χ3v) is 4.61. The fourth-order valence-corrected chi connectivity index (χ4v) is 3.19. The number of aliphatic hydroxyl groups is 1. The second kappa shape index (κ2) is 14.9. The number of rotatable bonds is 16. The zero-order chi connectivity index (χ0) is 15.8. The molecule has 0 fully saturated rings. The lowest BCUT2D eigenvalue weighted by molar-refractivity contribution is 0.0386. The van der Waals surface area contributed by atoms with E-state index in [2.05, 4.69) is 13.8 Å². The number of unbranched alkanes of at least 4 members (excludes halogenated alkanes) is 12. The van der Waals surface area contributed by atoms with Gasteiger partial charge in [0.25, 0.3) is 0 Å². The van der Waals surface area contributed by atoms with E-state index < -0.39 is 5.60 Å². The molecule has 1 unspecified atom stereocenters. The van der Waals surface area contributed by atoms with Crippen molar-refractivity contribution in [3.63, 3.8) is 0 Å². The van der Waals surface area contributed by atoms with Crippen LogP contribution >= 0.6 is 0 Å². The van der Waals surface area contributed by atoms with Crippen LogP contribution < -0.4 is 0 Å². The molecule has 21 heavy (non-hydrogen) atoms. The quantitative estimate of drug-likeness (QED) is 0.304. The molecule has 0 aromatic carbocycles. The van der Waals surface area contributed by atoms with Crippen LogP contribution in [0.4, 0.5) is 0 Å². The summed E-state index contributed by atoms with van der Waals surface area (Å²) in [6.45, 7) is 6.43. The van der Waals surface area contributed by atoms with Gasteiger partial charge in [-0.3, -0.25) is 0 Å². The maximum absolute atomic E-state index is 10.1. The van der Waals surface area contributed by atoms with Gasteiger partial charge in [-0.1, -0.05) is 104 Å². The first-order valence-corrected chi connectivity index (χ1v) is 9.84. The monoisotopic (exact) mass is 298 g/mol. The second-order valence-corrected chi connectivity index (χ2v) is 7.24. The molecule has 1 N–H and O–H groups in total. The Balaban J connectivity index is 3.12. The van der Waals surface area contributed by atoms with Gasteiger partial charge in [0, 0.05) is 0 Å². The Morgan fingerprint density at radius 2 is 0.905 bits per heavy atom. The Morgan fingerprint density at radius 1 is 0.524 bits per heavy atom. The first kappa shape index (κ1) is 21.0. The summed E-state index contributed by atoms with van der Waals surface area (Å²) in [7, 11) is 0. The molecule has 0 aliphatic rings. The van der Waals surface area contributed by atoms with Crippen molar-refractivity contribution in [2.75, 3.05) is 0 Å². The van der Waals surface area contributed by atoms with E-state index >= 15 is 0 Å². The molecule has 0 aromatic rings. The normalized spacial score (nSPS) is 14.3. The maximum atomic E-state index is 10.1. The van der Waals surface area contributed by atoms with Crippen LogP contribution in [0.3, 0.4) is 0 Å². The van der Waals surface area contributed by atoms with E-state index in [0.29, 0.717) is 0 Å². The summed E-state index contributed by atoms with van der Waals surface area (Å²) >= 11 is 0. The molecule has 0 spiro atoms. The lowest BCUT2D eigenvalue weighted by Gasteiger charge is -2.22. The van der Waals surface area contributed by atoms with Crippen LogP contribution in [0.5, 0.6) is 0 Å². The van der Waals surface area contributed by atoms with Crippen LogP contribution in [0, 0.1) is 0 Å². The van der Waals surface area contributed by atoms with Gasteiger partial charge in [-0.25, -0.2) is 0 Å². The highest BCUT2D eigenvalue weighted by atomic mass is 16.3. The number of hydrogen-bond acceptors (Lipinski definition) is 1. The number of hydrogen-bond donors (Lipinski definition) is 1. The van der Waals surface area contributed by atoms with Crippen LogP contribution in [-0.2, 0) is 0 Å². The highest BCUT2D eigenvalue weighted by Crippen LogP contribution is 2.20. The molecule has 0 aliphatic carbocycles. The molecule has 0 heterocycles. The Morgan fingerprint density at radius 3 is 1.29 bits per heavy atom. The highest BCUT2D eigenvalue weighted by Gasteiger charge is 2.17. The first-order chi connectivity index (χ1) is 10.1. The van der Waals surface area contributed by atoms with Gasteiger partial charge in [0.2, 0.25) is 0 Å². The van der Waals surface area contributed by atoms with Gasteiger partial charge in [0.15, 0.2) is 0 Å². The van der Waals surface area contributed by atoms with Crippen molar-refractivity contribution in [3.05, 3.63) is 0 Å². The average Bonchev–Trinajstić information content (AvgIpc) is 2.44. The molecule has 0 radical (unpaired) electrons. The van der Waals surface area contributed by atoms with Crippen molar-refractivity contribution in [2.24, 2.45) is 0 Å². The summed E-state index contributed by atoms with van der Waals surface area (Å²) in [5.74, 6) is 0. The van der Waals surface area contributed by atoms with Gasteiger partial charge in [0.05, 0.1) is 5.60 Å². The SMILES string of the molecule is CCCCCCCCCCCCCCCC(C)(O)CCC. The summed E-state index contributed by atoms with van der Waals surface area (Å²) in [4.78, 5) is 0. The largest absolute Gasteiger partial charge is 0.390 e. The zero-order valence-corrected chi connectivity index (χ0v) is 15.3. The molecule has 0 aliphatic heterocycles. The van der Waals surface area contributed by atoms with E-state index in [9.17, 15) is 5.11 Å². The molecular formula is C20H42O. The summed E-state index contributed by atoms with van der Waals surface area (Å²) in [5.41, 5.74) is -0.410. The average molecular weight is 299 g/mol. The lowest BCUT2D eigenvalue weighted by Crippen LogP contribution is -2.23. The molecule has 0 amide bonds. The highest BCUT2D eigenvalue weighted by molar-refractivity contribution is 4.71. The smallest absolute Gasteiger partial charge is 0.0619 e. The van der Waals surface area contributed by atoms with E-state index in [1.54, 1.807) is 0 Å². The summed E-state index contributed by atoms with van der Waals surface area (Å²) in [6.07, 6.45) is 21.1. The predicted molar refractivity (Wildman–Crippen MR) is 95.8 cm³/mol. The maximum Gasteiger partial charge on any atom is 0.0619 e. The van der Waals surface area contributed by atoms with Crippen molar-refractivity contribution in [1.29, 1.82) is 0 Å². The van der Waals surface area contributed by atoms with Crippen molar-refractivity contribution in [1.82, 2.24) is 0 Å². The Labute approximate surface area is 134 Å². The minimum Gasteiger partial charge on any atom is -0.390 e. The third-order valence-electron chi connectivity index (χ3n) is 4.61. The van der Waals surface area contributed by atoms with Gasteiger partial charge in [-0.2, -0.15) is 0 Å². The lowest BCUT2D eigenvalue weighted by atomic mass is 9.93. The molecule has 0 bridgehead atoms. The van der Waals surface area contributed by atoms with Crippen LogP contribution in [0.1, 0.15) is 124 Å². The molecule has 128 valence electrons. The van der Waals surface area contributed by atoms with Crippen molar-refractivity contribution < 1.29 is 5.11 Å². The fraction of sp³-hybridized carbons (Fsp3) is 1.00. The van der Waals surface area contributed by atoms with Crippen LogP contribution in [0.2, 0.25) is 0 Å². The molecular weight excluding hydrogens is 256 g/mol. The zero-order valence-electron chi connectivity index (χ0n) is 15.3. The third kappa shape index (κ3) is 16.2. The summed E-state index contributed by atoms with van der Waals surface area (Å²) < 4.78 is 0. The molecule has 0 saturated heterocycles. The summed E-state index contributed by atoms with van der Waals surface area (Å²) in [6, 6.07) is 0. The van der Waals surface area contributed by atoms with Crippen LogP contribution in [0.25, 0.3) is 0 Å². The Hall–Kier alpha value is -0.0400. The standard InChI is InChI=1S/C20H42O/c1-4-6-7-8-9-10-11-12-13-14-15-16-17-19-20(3,21)18-5-2/h21H,4-19H2,1-3H3. The van der Waals surface area contributed by atoms with Crippen LogP contribution in [-0.4, -0.2) is 10.7 Å². The van der Waals surface area contributed by atoms with Gasteiger partial charge in [0.1, 0.15) is 0 Å². The van der Waals surface area contributed by atoms with E-state index in [4.69, 9.17) is 0 Å². The van der Waals surface area contributed by atoms with Gasteiger partial charge in [-0.05, 0) is 19.8 Å². The molecule has 1 atom stereocenters. The topological polar surface area (TPSA) is 20.2 Å². The molecule has 0 saturated carbocycles. The van der Waals surface area contributed by atoms with E-state index in [1.807, 2.05) is 6.92 Å². The van der Waals surface area contributed by atoms with E-state index in [-0.39, 0.29) is 0 Å². The van der Waals surface area contributed by atoms with Gasteiger partial charge >= 0.3 is 0 Å². The Kier molecular flexibility index (Phi) is 14.9. The minimum atomic E-state index is -0.410. The molecule has 1 heteroatoms. The predicted octanol–water partition coefficient (Wildman–Crippen LogP) is 7.02. The van der Waals surface area contributed by atoms with Crippen molar-refractivity contribution in [3.8, 4) is 0 Å². The molecule has 0 aromatic heterocycles. The molecule has 0 rings (SSSR count). The van der Waals surface area contributed by atoms with Gasteiger partial charge < -0.3 is 5.11 Å². The van der Waals surface area contributed by atoms with Crippen molar-refractivity contribution in [2.45, 2.75) is 129 Å². The van der Waals surface area contributed by atoms with E-state index in [0.717, 1.165) is 19.3 Å². The Bertz CT molecular complexity index is 198. The van der Waals surface area contributed by atoms with Gasteiger partial charge in [-0.15, -0.1) is 0 Å². The van der Waals surface area contributed by atoms with Crippen molar-refractivity contribution >= 4 is 0 Å². The second-order valence-electron chi connectivity index (χ2n) is 7.24. The first-order valence-electron chi connectivity index (χ1n) is 9.84. The molecule has 1 nitrogen and oxygen atoms in total. The van der Waals surface area contributed by atoms with E-state index in [1.165, 1.54) is 83.5 Å².